The van der Waals surface area contributed by atoms with E-state index < -0.39 is 0 Å². The number of hydrogen-bond donors (Lipinski definition) is 2. The fraction of sp³-hybridized carbons (Fsp3) is 0.727. The first-order chi connectivity index (χ1) is 6.97. The molecule has 1 atom stereocenters. The molecule has 1 unspecified atom stereocenters. The van der Waals surface area contributed by atoms with E-state index in [4.69, 9.17) is 5.73 Å². The van der Waals surface area contributed by atoms with Gasteiger partial charge >= 0.3 is 0 Å². The van der Waals surface area contributed by atoms with Crippen LogP contribution in [0.15, 0.2) is 0 Å². The predicted octanol–water partition coefficient (Wildman–Crippen LogP) is 2.16. The molecule has 1 rings (SSSR count). The predicted molar refractivity (Wildman–Crippen MR) is 64.9 cm³/mol. The Balaban J connectivity index is 2.88. The van der Waals surface area contributed by atoms with Crippen LogP contribution in [-0.4, -0.2) is 15.8 Å². The molecule has 86 valence electrons. The van der Waals surface area contributed by atoms with Gasteiger partial charge in [-0.25, -0.2) is 0 Å². The molecule has 0 spiro atoms. The Morgan fingerprint density at radius 1 is 1.47 bits per heavy atom. The number of nitrogens with zero attached hydrogens (tertiary/aromatic N) is 2. The van der Waals surface area contributed by atoms with Gasteiger partial charge in [-0.15, -0.1) is 0 Å². The Kier molecular flexibility index (Phi) is 3.61. The number of rotatable bonds is 4. The monoisotopic (exact) mass is 210 g/mol. The zero-order chi connectivity index (χ0) is 11.6. The van der Waals surface area contributed by atoms with E-state index in [1.54, 1.807) is 0 Å². The van der Waals surface area contributed by atoms with Crippen molar-refractivity contribution in [2.45, 2.75) is 40.2 Å². The molecule has 3 N–H and O–H groups in total. The van der Waals surface area contributed by atoms with Gasteiger partial charge in [-0.1, -0.05) is 20.8 Å². The third kappa shape index (κ3) is 2.43. The van der Waals surface area contributed by atoms with Crippen LogP contribution in [0.1, 0.15) is 32.9 Å². The second-order valence-electron chi connectivity index (χ2n) is 4.37. The number of aromatic nitrogens is 2. The first-order valence-corrected chi connectivity index (χ1v) is 5.53. The van der Waals surface area contributed by atoms with Crippen molar-refractivity contribution >= 4 is 11.5 Å². The molecule has 4 nitrogen and oxygen atoms in total. The number of anilines is 2. The standard InChI is InChI=1S/C11H22N4/c1-6-9(7(2)3)13-11-10(12)8(4)14-15(11)5/h7,9,13H,6,12H2,1-5H3. The van der Waals surface area contributed by atoms with E-state index in [1.807, 2.05) is 18.7 Å². The van der Waals surface area contributed by atoms with Gasteiger partial charge in [0, 0.05) is 13.1 Å². The summed E-state index contributed by atoms with van der Waals surface area (Å²) in [6.45, 7) is 8.52. The number of nitrogens with two attached hydrogens (primary N) is 1. The van der Waals surface area contributed by atoms with Gasteiger partial charge < -0.3 is 11.1 Å². The van der Waals surface area contributed by atoms with E-state index in [1.165, 1.54) is 0 Å². The third-order valence-corrected chi connectivity index (χ3v) is 2.84. The Hall–Kier alpha value is -1.19. The van der Waals surface area contributed by atoms with Crippen molar-refractivity contribution in [3.05, 3.63) is 5.69 Å². The van der Waals surface area contributed by atoms with E-state index in [-0.39, 0.29) is 0 Å². The molecule has 0 fully saturated rings. The smallest absolute Gasteiger partial charge is 0.147 e. The maximum atomic E-state index is 5.96. The van der Waals surface area contributed by atoms with E-state index in [9.17, 15) is 0 Å². The Morgan fingerprint density at radius 2 is 2.07 bits per heavy atom. The minimum atomic E-state index is 0.446. The molecular weight excluding hydrogens is 188 g/mol. The highest BCUT2D eigenvalue weighted by Crippen LogP contribution is 2.23. The fourth-order valence-electron chi connectivity index (χ4n) is 1.76. The molecule has 0 amide bonds. The van der Waals surface area contributed by atoms with Crippen molar-refractivity contribution in [1.82, 2.24) is 9.78 Å². The van der Waals surface area contributed by atoms with Crippen LogP contribution >= 0.6 is 0 Å². The van der Waals surface area contributed by atoms with Gasteiger partial charge in [-0.05, 0) is 19.3 Å². The van der Waals surface area contributed by atoms with Gasteiger partial charge in [0.2, 0.25) is 0 Å². The summed E-state index contributed by atoms with van der Waals surface area (Å²) >= 11 is 0. The summed E-state index contributed by atoms with van der Waals surface area (Å²) in [7, 11) is 1.92. The van der Waals surface area contributed by atoms with Crippen molar-refractivity contribution < 1.29 is 0 Å². The summed E-state index contributed by atoms with van der Waals surface area (Å²) in [5.74, 6) is 1.53. The van der Waals surface area contributed by atoms with Crippen LogP contribution in [0.2, 0.25) is 0 Å². The van der Waals surface area contributed by atoms with Crippen LogP contribution in [0.25, 0.3) is 0 Å². The van der Waals surface area contributed by atoms with Crippen molar-refractivity contribution in [2.75, 3.05) is 11.1 Å². The Morgan fingerprint density at radius 3 is 2.40 bits per heavy atom. The van der Waals surface area contributed by atoms with E-state index in [0.717, 1.165) is 23.6 Å². The first-order valence-electron chi connectivity index (χ1n) is 5.53. The summed E-state index contributed by atoms with van der Waals surface area (Å²) in [5.41, 5.74) is 7.61. The second kappa shape index (κ2) is 4.55. The number of aryl methyl sites for hydroxylation is 2. The van der Waals surface area contributed by atoms with Crippen molar-refractivity contribution in [2.24, 2.45) is 13.0 Å². The van der Waals surface area contributed by atoms with Gasteiger partial charge in [0.25, 0.3) is 0 Å². The fourth-order valence-corrected chi connectivity index (χ4v) is 1.76. The topological polar surface area (TPSA) is 55.9 Å². The molecule has 1 aromatic heterocycles. The van der Waals surface area contributed by atoms with Crippen LogP contribution in [0.3, 0.4) is 0 Å². The van der Waals surface area contributed by atoms with Crippen molar-refractivity contribution in [3.8, 4) is 0 Å². The maximum Gasteiger partial charge on any atom is 0.147 e. The highest BCUT2D eigenvalue weighted by Gasteiger charge is 2.16. The lowest BCUT2D eigenvalue weighted by Gasteiger charge is -2.22. The molecule has 0 aromatic carbocycles. The van der Waals surface area contributed by atoms with E-state index in [0.29, 0.717) is 12.0 Å². The minimum absolute atomic E-state index is 0.446. The van der Waals surface area contributed by atoms with Gasteiger partial charge in [0.1, 0.15) is 5.82 Å². The highest BCUT2D eigenvalue weighted by atomic mass is 15.3. The molecule has 4 heteroatoms. The Labute approximate surface area is 91.8 Å². The zero-order valence-corrected chi connectivity index (χ0v) is 10.3. The van der Waals surface area contributed by atoms with E-state index in [2.05, 4.69) is 31.2 Å². The highest BCUT2D eigenvalue weighted by molar-refractivity contribution is 5.64. The lowest BCUT2D eigenvalue weighted by atomic mass is 10.0. The summed E-state index contributed by atoms with van der Waals surface area (Å²) in [6.07, 6.45) is 1.08. The molecular formula is C11H22N4. The summed E-state index contributed by atoms with van der Waals surface area (Å²) in [4.78, 5) is 0. The molecule has 0 aliphatic carbocycles. The largest absolute Gasteiger partial charge is 0.394 e. The van der Waals surface area contributed by atoms with Crippen LogP contribution in [-0.2, 0) is 7.05 Å². The normalized spacial score (nSPS) is 13.2. The summed E-state index contributed by atoms with van der Waals surface area (Å²) in [6, 6.07) is 0.446. The summed E-state index contributed by atoms with van der Waals surface area (Å²) < 4.78 is 1.82. The second-order valence-corrected chi connectivity index (χ2v) is 4.37. The van der Waals surface area contributed by atoms with Gasteiger partial charge in [0.05, 0.1) is 11.4 Å². The van der Waals surface area contributed by atoms with Gasteiger partial charge in [-0.2, -0.15) is 5.10 Å². The number of hydrogen-bond acceptors (Lipinski definition) is 3. The molecule has 1 heterocycles. The average Bonchev–Trinajstić information content (AvgIpc) is 2.39. The summed E-state index contributed by atoms with van der Waals surface area (Å²) in [5, 5.41) is 7.75. The number of nitrogens with one attached hydrogen (secondary N) is 1. The van der Waals surface area contributed by atoms with Crippen LogP contribution < -0.4 is 11.1 Å². The number of nitrogen functional groups attached to an aromatic ring is 1. The molecule has 0 radical (unpaired) electrons. The molecule has 1 aromatic rings. The molecule has 0 aliphatic heterocycles. The Bertz CT molecular complexity index is 328. The first kappa shape index (κ1) is 11.9. The van der Waals surface area contributed by atoms with Crippen molar-refractivity contribution in [1.29, 1.82) is 0 Å². The molecule has 0 aliphatic rings. The SMILES string of the molecule is CCC(Nc1c(N)c(C)nn1C)C(C)C. The molecule has 0 bridgehead atoms. The molecule has 0 saturated carbocycles. The molecule has 0 saturated heterocycles. The third-order valence-electron chi connectivity index (χ3n) is 2.84. The zero-order valence-electron chi connectivity index (χ0n) is 10.3. The van der Waals surface area contributed by atoms with Crippen molar-refractivity contribution in [3.63, 3.8) is 0 Å². The molecule has 15 heavy (non-hydrogen) atoms. The average molecular weight is 210 g/mol. The van der Waals surface area contributed by atoms with Crippen LogP contribution in [0.4, 0.5) is 11.5 Å². The van der Waals surface area contributed by atoms with Gasteiger partial charge in [-0.3, -0.25) is 4.68 Å². The van der Waals surface area contributed by atoms with E-state index >= 15 is 0 Å². The maximum absolute atomic E-state index is 5.96. The lowest BCUT2D eigenvalue weighted by Crippen LogP contribution is -2.26. The minimum Gasteiger partial charge on any atom is -0.394 e. The van der Waals surface area contributed by atoms with Crippen LogP contribution in [0.5, 0.6) is 0 Å². The lowest BCUT2D eigenvalue weighted by molar-refractivity contribution is 0.506. The van der Waals surface area contributed by atoms with Crippen LogP contribution in [0, 0.1) is 12.8 Å². The van der Waals surface area contributed by atoms with Gasteiger partial charge in [0.15, 0.2) is 0 Å². The quantitative estimate of drug-likeness (QED) is 0.800.